The van der Waals surface area contributed by atoms with E-state index in [9.17, 15) is 9.90 Å². The first-order valence-corrected chi connectivity index (χ1v) is 11.3. The van der Waals surface area contributed by atoms with Crippen molar-refractivity contribution in [2.75, 3.05) is 6.54 Å². The number of nitrogens with one attached hydrogen (secondary N) is 1. The van der Waals surface area contributed by atoms with E-state index in [1.54, 1.807) is 6.07 Å². The van der Waals surface area contributed by atoms with Crippen molar-refractivity contribution >= 4 is 34.1 Å². The maximum atomic E-state index is 13.3. The van der Waals surface area contributed by atoms with E-state index in [1.807, 2.05) is 13.0 Å². The smallest absolute Gasteiger partial charge is 0.252 e. The van der Waals surface area contributed by atoms with Crippen LogP contribution in [0.25, 0.3) is 10.9 Å². The highest BCUT2D eigenvalue weighted by Crippen LogP contribution is 2.33. The van der Waals surface area contributed by atoms with E-state index in [0.717, 1.165) is 60.7 Å². The van der Waals surface area contributed by atoms with Gasteiger partial charge in [0.2, 0.25) is 0 Å². The van der Waals surface area contributed by atoms with Crippen molar-refractivity contribution in [2.45, 2.75) is 71.6 Å². The third-order valence-corrected chi connectivity index (χ3v) is 6.44. The van der Waals surface area contributed by atoms with Gasteiger partial charge in [-0.25, -0.2) is 0 Å². The predicted octanol–water partition coefficient (Wildman–Crippen LogP) is 5.20. The molecule has 0 fully saturated rings. The van der Waals surface area contributed by atoms with Crippen LogP contribution in [0, 0.1) is 0 Å². The van der Waals surface area contributed by atoms with E-state index in [2.05, 4.69) is 34.9 Å². The van der Waals surface area contributed by atoms with E-state index in [4.69, 9.17) is 11.6 Å². The number of dihydropyridines is 1. The van der Waals surface area contributed by atoms with Crippen molar-refractivity contribution < 1.29 is 9.90 Å². The molecule has 2 aliphatic rings. The fourth-order valence-electron chi connectivity index (χ4n) is 4.74. The van der Waals surface area contributed by atoms with Crippen LogP contribution in [0.1, 0.15) is 74.8 Å². The first-order chi connectivity index (χ1) is 14.3. The summed E-state index contributed by atoms with van der Waals surface area (Å²) in [4.78, 5) is 17.6. The molecule has 2 N–H and O–H groups in total. The van der Waals surface area contributed by atoms with Gasteiger partial charge in [0.05, 0.1) is 11.1 Å². The zero-order chi connectivity index (χ0) is 21.4. The van der Waals surface area contributed by atoms with Crippen LogP contribution in [-0.2, 0) is 6.42 Å². The van der Waals surface area contributed by atoms with Gasteiger partial charge >= 0.3 is 0 Å². The number of aryl methyl sites for hydroxylation is 1. The molecule has 160 valence electrons. The van der Waals surface area contributed by atoms with Crippen molar-refractivity contribution in [3.05, 3.63) is 45.6 Å². The van der Waals surface area contributed by atoms with E-state index >= 15 is 0 Å². The lowest BCUT2D eigenvalue weighted by Crippen LogP contribution is -2.31. The number of aliphatic imine (C=N–C) groups is 1. The third kappa shape index (κ3) is 4.06. The summed E-state index contributed by atoms with van der Waals surface area (Å²) in [6.07, 6.45) is 7.24. The summed E-state index contributed by atoms with van der Waals surface area (Å²) >= 11 is 6.42. The molecule has 0 saturated heterocycles. The number of amides is 1. The van der Waals surface area contributed by atoms with E-state index < -0.39 is 6.23 Å². The molecule has 30 heavy (non-hydrogen) atoms. The van der Waals surface area contributed by atoms with Gasteiger partial charge in [-0.3, -0.25) is 9.79 Å². The summed E-state index contributed by atoms with van der Waals surface area (Å²) in [6.45, 7) is 6.54. The van der Waals surface area contributed by atoms with Crippen LogP contribution in [0.5, 0.6) is 0 Å². The zero-order valence-corrected chi connectivity index (χ0v) is 18.7. The van der Waals surface area contributed by atoms with Gasteiger partial charge in [0.15, 0.2) is 6.23 Å². The lowest BCUT2D eigenvalue weighted by atomic mass is 9.93. The quantitative estimate of drug-likeness (QED) is 0.614. The number of halogens is 1. The molecule has 0 radical (unpaired) electrons. The minimum Gasteiger partial charge on any atom is -0.368 e. The number of allylic oxidation sites excluding steroid dienone is 1. The summed E-state index contributed by atoms with van der Waals surface area (Å²) in [5.74, 6) is -0.158. The second-order valence-electron chi connectivity index (χ2n) is 8.79. The summed E-state index contributed by atoms with van der Waals surface area (Å²) in [5.41, 5.74) is 5.83. The highest BCUT2D eigenvalue weighted by molar-refractivity contribution is 6.32. The largest absolute Gasteiger partial charge is 0.368 e. The number of hydrogen-bond donors (Lipinski definition) is 2. The van der Waals surface area contributed by atoms with E-state index in [1.165, 1.54) is 11.1 Å². The maximum Gasteiger partial charge on any atom is 0.252 e. The molecule has 0 bridgehead atoms. The Kier molecular flexibility index (Phi) is 6.03. The number of rotatable bonds is 1. The van der Waals surface area contributed by atoms with Gasteiger partial charge in [-0.2, -0.15) is 0 Å². The molecule has 4 rings (SSSR count). The van der Waals surface area contributed by atoms with Crippen molar-refractivity contribution in [3.8, 4) is 0 Å². The average molecular weight is 428 g/mol. The minimum atomic E-state index is -0.865. The van der Waals surface area contributed by atoms with Gasteiger partial charge in [0, 0.05) is 41.3 Å². The fraction of sp³-hybridized carbons (Fsp3) is 0.500. The molecule has 5 nitrogen and oxygen atoms in total. The van der Waals surface area contributed by atoms with Crippen molar-refractivity contribution in [3.63, 3.8) is 0 Å². The lowest BCUT2D eigenvalue weighted by Gasteiger charge is -2.24. The van der Waals surface area contributed by atoms with Gasteiger partial charge in [-0.1, -0.05) is 23.6 Å². The first-order valence-electron chi connectivity index (χ1n) is 10.9. The summed E-state index contributed by atoms with van der Waals surface area (Å²) in [7, 11) is 0. The number of carbonyl (C=O) groups is 1. The Labute approximate surface area is 182 Å². The molecule has 3 heterocycles. The van der Waals surface area contributed by atoms with Crippen molar-refractivity contribution in [1.29, 1.82) is 0 Å². The molecule has 0 saturated carbocycles. The average Bonchev–Trinajstić information content (AvgIpc) is 3.04. The maximum absolute atomic E-state index is 13.3. The summed E-state index contributed by atoms with van der Waals surface area (Å²) in [5, 5.41) is 15.1. The Morgan fingerprint density at radius 3 is 2.77 bits per heavy atom. The van der Waals surface area contributed by atoms with Gasteiger partial charge in [0.25, 0.3) is 5.91 Å². The predicted molar refractivity (Wildman–Crippen MR) is 123 cm³/mol. The molecule has 0 aliphatic carbocycles. The molecule has 2 aromatic rings. The number of aliphatic hydroxyl groups excluding tert-OH is 1. The standard InChI is InChI=1S/C24H30ClN3O2/c1-14(2)28-13-17-8-6-4-5-7-16-9-15(3)27-24(30)20(16)12-26-23(29)19-10-18(25)11-21(28)22(17)19/h10-11,13-14,24,30H,4-9,12H2,1-3H3,(H,26,29). The van der Waals surface area contributed by atoms with Gasteiger partial charge in [-0.05, 0) is 69.7 Å². The molecule has 2 aliphatic heterocycles. The molecule has 1 unspecified atom stereocenters. The number of nitrogens with zero attached hydrogens (tertiary/aromatic N) is 2. The topological polar surface area (TPSA) is 66.6 Å². The molecular weight excluding hydrogens is 398 g/mol. The van der Waals surface area contributed by atoms with Crippen molar-refractivity contribution in [1.82, 2.24) is 9.88 Å². The van der Waals surface area contributed by atoms with Crippen LogP contribution in [-0.4, -0.2) is 34.1 Å². The molecule has 1 aromatic heterocycles. The van der Waals surface area contributed by atoms with Crippen LogP contribution in [0.3, 0.4) is 0 Å². The zero-order valence-electron chi connectivity index (χ0n) is 18.0. The number of aliphatic hydroxyl groups is 1. The monoisotopic (exact) mass is 427 g/mol. The Morgan fingerprint density at radius 2 is 2.00 bits per heavy atom. The SMILES string of the molecule is CC1=NC(O)C2=C(CCCCCc3cn(C(C)C)c4cc(Cl)cc(c34)C(=O)NC2)C1. The summed E-state index contributed by atoms with van der Waals surface area (Å²) in [6, 6.07) is 4.00. The van der Waals surface area contributed by atoms with Crippen LogP contribution >= 0.6 is 11.6 Å². The molecular formula is C24H30ClN3O2. The number of carbonyl (C=O) groups excluding carboxylic acids is 1. The second-order valence-corrected chi connectivity index (χ2v) is 9.23. The molecule has 0 spiro atoms. The van der Waals surface area contributed by atoms with Crippen LogP contribution in [0.2, 0.25) is 5.02 Å². The van der Waals surface area contributed by atoms with E-state index in [0.29, 0.717) is 17.1 Å². The molecule has 1 atom stereocenters. The second kappa shape index (κ2) is 8.56. The van der Waals surface area contributed by atoms with Crippen LogP contribution < -0.4 is 5.32 Å². The lowest BCUT2D eigenvalue weighted by molar-refractivity contribution is 0.0955. The Bertz CT molecular complexity index is 1050. The number of benzene rings is 1. The Balaban J connectivity index is 1.77. The highest BCUT2D eigenvalue weighted by atomic mass is 35.5. The van der Waals surface area contributed by atoms with Gasteiger partial charge in [0.1, 0.15) is 0 Å². The number of aromatic nitrogens is 1. The van der Waals surface area contributed by atoms with Gasteiger partial charge in [-0.15, -0.1) is 0 Å². The highest BCUT2D eigenvalue weighted by Gasteiger charge is 2.24. The van der Waals surface area contributed by atoms with E-state index in [-0.39, 0.29) is 11.9 Å². The summed E-state index contributed by atoms with van der Waals surface area (Å²) < 4.78 is 2.21. The van der Waals surface area contributed by atoms with Crippen LogP contribution in [0.15, 0.2) is 34.5 Å². The first kappa shape index (κ1) is 21.1. The third-order valence-electron chi connectivity index (χ3n) is 6.22. The Morgan fingerprint density at radius 1 is 1.23 bits per heavy atom. The minimum absolute atomic E-state index is 0.158. The Hall–Kier alpha value is -2.11. The fourth-order valence-corrected chi connectivity index (χ4v) is 4.95. The van der Waals surface area contributed by atoms with Crippen molar-refractivity contribution in [2.24, 2.45) is 4.99 Å². The van der Waals surface area contributed by atoms with Crippen LogP contribution in [0.4, 0.5) is 0 Å². The molecule has 1 aromatic carbocycles. The van der Waals surface area contributed by atoms with Gasteiger partial charge < -0.3 is 15.0 Å². The number of hydrogen-bond acceptors (Lipinski definition) is 3. The molecule has 1 amide bonds. The molecule has 6 heteroatoms. The normalized spacial score (nSPS) is 20.9.